The lowest BCUT2D eigenvalue weighted by Gasteiger charge is -2.11. The molecule has 0 saturated carbocycles. The Morgan fingerprint density at radius 2 is 2.11 bits per heavy atom. The van der Waals surface area contributed by atoms with Crippen molar-refractivity contribution in [3.8, 4) is 0 Å². The number of rotatable bonds is 1. The summed E-state index contributed by atoms with van der Waals surface area (Å²) < 4.78 is 0. The second kappa shape index (κ2) is 2.88. The van der Waals surface area contributed by atoms with Crippen molar-refractivity contribution in [2.24, 2.45) is 0 Å². The highest BCUT2D eigenvalue weighted by Gasteiger charge is 2.33. The highest BCUT2D eigenvalue weighted by Crippen LogP contribution is 2.26. The third-order valence-corrected chi connectivity index (χ3v) is 2.83. The summed E-state index contributed by atoms with van der Waals surface area (Å²) in [7, 11) is 0. The Morgan fingerprint density at radius 1 is 1.44 bits per heavy atom. The Balaban J connectivity index is 2.41. The van der Waals surface area contributed by atoms with Gasteiger partial charge in [-0.2, -0.15) is 11.8 Å². The Hall–Kier alpha value is 0.230. The van der Waals surface area contributed by atoms with E-state index in [4.69, 9.17) is 15.3 Å². The average Bonchev–Trinajstić information content (AvgIpc) is 2.15. The van der Waals surface area contributed by atoms with E-state index in [1.54, 1.807) is 0 Å². The quantitative estimate of drug-likeness (QED) is 0.440. The Bertz CT molecular complexity index is 98.2. The molecule has 0 amide bonds. The van der Waals surface area contributed by atoms with Gasteiger partial charge in [-0.05, 0) is 0 Å². The largest absolute Gasteiger partial charge is 0.395 e. The van der Waals surface area contributed by atoms with Gasteiger partial charge in [0.2, 0.25) is 0 Å². The van der Waals surface area contributed by atoms with E-state index < -0.39 is 12.2 Å². The predicted molar refractivity (Wildman–Crippen MR) is 35.3 cm³/mol. The molecule has 1 heterocycles. The molecule has 3 nitrogen and oxygen atoms in total. The van der Waals surface area contributed by atoms with Gasteiger partial charge in [0.05, 0.1) is 24.1 Å². The molecule has 1 aliphatic heterocycles. The molecule has 1 fully saturated rings. The molecule has 1 saturated heterocycles. The minimum Gasteiger partial charge on any atom is -0.395 e. The van der Waals surface area contributed by atoms with Gasteiger partial charge >= 0.3 is 0 Å². The molecule has 0 radical (unpaired) electrons. The first-order chi connectivity index (χ1) is 4.25. The molecular formula is C5H10O3S. The number of aliphatic hydroxyl groups is 3. The summed E-state index contributed by atoms with van der Waals surface area (Å²) >= 11 is 1.41. The first-order valence-electron chi connectivity index (χ1n) is 2.84. The average molecular weight is 150 g/mol. The van der Waals surface area contributed by atoms with E-state index in [0.717, 1.165) is 0 Å². The van der Waals surface area contributed by atoms with E-state index in [-0.39, 0.29) is 11.9 Å². The van der Waals surface area contributed by atoms with E-state index in [0.29, 0.717) is 5.75 Å². The molecule has 0 aromatic heterocycles. The van der Waals surface area contributed by atoms with Crippen molar-refractivity contribution in [3.63, 3.8) is 0 Å². The monoisotopic (exact) mass is 150 g/mol. The zero-order chi connectivity index (χ0) is 6.85. The molecule has 3 N–H and O–H groups in total. The molecule has 0 aromatic rings. The normalized spacial score (nSPS) is 43.7. The van der Waals surface area contributed by atoms with E-state index in [9.17, 15) is 0 Å². The van der Waals surface area contributed by atoms with Crippen molar-refractivity contribution in [1.82, 2.24) is 0 Å². The van der Waals surface area contributed by atoms with Crippen molar-refractivity contribution in [3.05, 3.63) is 0 Å². The van der Waals surface area contributed by atoms with Crippen LogP contribution < -0.4 is 0 Å². The van der Waals surface area contributed by atoms with Gasteiger partial charge in [0, 0.05) is 5.75 Å². The Morgan fingerprint density at radius 3 is 2.33 bits per heavy atom. The summed E-state index contributed by atoms with van der Waals surface area (Å²) in [5.41, 5.74) is 0. The molecule has 4 heteroatoms. The van der Waals surface area contributed by atoms with Crippen LogP contribution in [0.5, 0.6) is 0 Å². The molecule has 3 atom stereocenters. The van der Waals surface area contributed by atoms with Gasteiger partial charge in [-0.3, -0.25) is 0 Å². The minimum absolute atomic E-state index is 0.0527. The maximum Gasteiger partial charge on any atom is 0.0947 e. The van der Waals surface area contributed by atoms with Crippen molar-refractivity contribution in [1.29, 1.82) is 0 Å². The van der Waals surface area contributed by atoms with Crippen LogP contribution in [0.1, 0.15) is 0 Å². The summed E-state index contributed by atoms with van der Waals surface area (Å²) in [4.78, 5) is 0. The molecule has 0 aliphatic carbocycles. The van der Waals surface area contributed by atoms with Crippen molar-refractivity contribution >= 4 is 11.8 Å². The molecular weight excluding hydrogens is 140 g/mol. The number of hydrogen-bond donors (Lipinski definition) is 3. The van der Waals surface area contributed by atoms with Gasteiger partial charge in [0.1, 0.15) is 0 Å². The van der Waals surface area contributed by atoms with Gasteiger partial charge in [0.15, 0.2) is 0 Å². The van der Waals surface area contributed by atoms with Crippen LogP contribution in [0.2, 0.25) is 0 Å². The van der Waals surface area contributed by atoms with E-state index in [1.807, 2.05) is 0 Å². The summed E-state index contributed by atoms with van der Waals surface area (Å²) in [5.74, 6) is 0.534. The van der Waals surface area contributed by atoms with Crippen molar-refractivity contribution in [2.75, 3.05) is 12.4 Å². The number of aliphatic hydroxyl groups excluding tert-OH is 3. The number of thioether (sulfide) groups is 1. The first-order valence-corrected chi connectivity index (χ1v) is 3.89. The van der Waals surface area contributed by atoms with Crippen LogP contribution in [-0.2, 0) is 0 Å². The molecule has 1 unspecified atom stereocenters. The molecule has 0 bridgehead atoms. The van der Waals surface area contributed by atoms with Gasteiger partial charge in [-0.1, -0.05) is 0 Å². The predicted octanol–water partition coefficient (Wildman–Crippen LogP) is -1.18. The van der Waals surface area contributed by atoms with E-state index in [1.165, 1.54) is 11.8 Å². The van der Waals surface area contributed by atoms with E-state index in [2.05, 4.69) is 0 Å². The summed E-state index contributed by atoms with van der Waals surface area (Å²) in [6.07, 6.45) is -1.38. The maximum atomic E-state index is 9.03. The minimum atomic E-state index is -0.736. The standard InChI is InChI=1S/C5H10O3S/c6-1-4-5(8)3(7)2-9-4/h3-8H,1-2H2/t3-,4-,5?/m1/s1. The fourth-order valence-electron chi connectivity index (χ4n) is 0.828. The highest BCUT2D eigenvalue weighted by atomic mass is 32.2. The van der Waals surface area contributed by atoms with Crippen LogP contribution in [0.25, 0.3) is 0 Å². The number of hydrogen-bond acceptors (Lipinski definition) is 4. The lowest BCUT2D eigenvalue weighted by Crippen LogP contribution is -2.30. The van der Waals surface area contributed by atoms with Crippen LogP contribution in [-0.4, -0.2) is 45.1 Å². The lowest BCUT2D eigenvalue weighted by atomic mass is 10.2. The second-order valence-electron chi connectivity index (χ2n) is 2.11. The van der Waals surface area contributed by atoms with Crippen LogP contribution in [0.3, 0.4) is 0 Å². The highest BCUT2D eigenvalue weighted by molar-refractivity contribution is 8.00. The summed E-state index contributed by atoms with van der Waals surface area (Å²) in [6, 6.07) is 0. The Kier molecular flexibility index (Phi) is 2.35. The zero-order valence-electron chi connectivity index (χ0n) is 4.90. The Labute approximate surface area is 57.7 Å². The molecule has 0 aromatic carbocycles. The SMILES string of the molecule is OC[C@H]1SC[C@@H](O)C1O. The molecule has 0 spiro atoms. The topological polar surface area (TPSA) is 60.7 Å². The van der Waals surface area contributed by atoms with Crippen LogP contribution in [0, 0.1) is 0 Å². The maximum absolute atomic E-state index is 9.03. The lowest BCUT2D eigenvalue weighted by molar-refractivity contribution is 0.0326. The summed E-state index contributed by atoms with van der Waals surface area (Å²) in [6.45, 7) is -0.0527. The van der Waals surface area contributed by atoms with Gasteiger partial charge in [-0.15, -0.1) is 0 Å². The third-order valence-electron chi connectivity index (χ3n) is 1.44. The van der Waals surface area contributed by atoms with E-state index >= 15 is 0 Å². The zero-order valence-corrected chi connectivity index (χ0v) is 5.71. The molecule has 54 valence electrons. The van der Waals surface area contributed by atoms with Crippen molar-refractivity contribution < 1.29 is 15.3 Å². The van der Waals surface area contributed by atoms with Crippen LogP contribution in [0.15, 0.2) is 0 Å². The fourth-order valence-corrected chi connectivity index (χ4v) is 1.95. The molecule has 1 rings (SSSR count). The smallest absolute Gasteiger partial charge is 0.0947 e. The van der Waals surface area contributed by atoms with Crippen LogP contribution >= 0.6 is 11.8 Å². The summed E-state index contributed by atoms with van der Waals surface area (Å²) in [5, 5.41) is 26.3. The van der Waals surface area contributed by atoms with Gasteiger partial charge < -0.3 is 15.3 Å². The molecule has 9 heavy (non-hydrogen) atoms. The third kappa shape index (κ3) is 1.38. The second-order valence-corrected chi connectivity index (χ2v) is 3.38. The van der Waals surface area contributed by atoms with Crippen molar-refractivity contribution in [2.45, 2.75) is 17.5 Å². The van der Waals surface area contributed by atoms with Gasteiger partial charge in [-0.25, -0.2) is 0 Å². The molecule has 1 aliphatic rings. The van der Waals surface area contributed by atoms with Crippen LogP contribution in [0.4, 0.5) is 0 Å². The fraction of sp³-hybridized carbons (Fsp3) is 1.00. The first kappa shape index (κ1) is 7.34. The van der Waals surface area contributed by atoms with Gasteiger partial charge in [0.25, 0.3) is 0 Å².